The van der Waals surface area contributed by atoms with Crippen molar-refractivity contribution in [1.29, 1.82) is 0 Å². The number of nitrogens with zero attached hydrogens (tertiary/aromatic N) is 2. The van der Waals surface area contributed by atoms with Gasteiger partial charge in [0.05, 0.1) is 11.8 Å². The van der Waals surface area contributed by atoms with Gasteiger partial charge in [-0.25, -0.2) is 19.2 Å². The molecule has 1 fully saturated rings. The summed E-state index contributed by atoms with van der Waals surface area (Å²) in [5.41, 5.74) is 8.46. The molecule has 10 heteroatoms. The standard InChI is InChI=1S/C23H24FN5O4/c1-10-14(8-28-22-21(10)26-3-4-32-22)13-5-12-6-18(27-9-15(12)20(25)19(13)24)29-23(31)33-17-7-16(30)11(17)2/h5-6,8-9,11,16-17,26,30H,3-4,7,25H2,1-2H3,(H,27,29,31). The van der Waals surface area contributed by atoms with Crippen LogP contribution in [0.1, 0.15) is 18.9 Å². The van der Waals surface area contributed by atoms with Crippen LogP contribution in [0.5, 0.6) is 5.88 Å². The third kappa shape index (κ3) is 3.66. The SMILES string of the molecule is Cc1c(-c2cc3cc(NC(=O)OC4CC(O)C4C)ncc3c(N)c2F)cnc2c1NCCO2. The van der Waals surface area contributed by atoms with Crippen molar-refractivity contribution in [2.24, 2.45) is 5.92 Å². The van der Waals surface area contributed by atoms with E-state index in [4.69, 9.17) is 15.2 Å². The van der Waals surface area contributed by atoms with Crippen molar-refractivity contribution in [2.75, 3.05) is 29.5 Å². The first-order valence-corrected chi connectivity index (χ1v) is 10.7. The molecule has 33 heavy (non-hydrogen) atoms. The van der Waals surface area contributed by atoms with E-state index in [0.717, 1.165) is 11.3 Å². The van der Waals surface area contributed by atoms with Gasteiger partial charge in [0.1, 0.15) is 24.2 Å². The summed E-state index contributed by atoms with van der Waals surface area (Å²) < 4.78 is 26.1. The predicted octanol–water partition coefficient (Wildman–Crippen LogP) is 3.45. The second-order valence-electron chi connectivity index (χ2n) is 8.43. The fraction of sp³-hybridized carbons (Fsp3) is 0.348. The quantitative estimate of drug-likeness (QED) is 0.444. The lowest BCUT2D eigenvalue weighted by Gasteiger charge is -2.38. The molecule has 1 amide bonds. The van der Waals surface area contributed by atoms with Gasteiger partial charge in [-0.3, -0.25) is 5.32 Å². The summed E-state index contributed by atoms with van der Waals surface area (Å²) in [6.07, 6.45) is 1.93. The number of benzene rings is 1. The summed E-state index contributed by atoms with van der Waals surface area (Å²) in [5.74, 6) is 0.0500. The number of ether oxygens (including phenoxy) is 2. The van der Waals surface area contributed by atoms with Crippen molar-refractivity contribution in [1.82, 2.24) is 9.97 Å². The van der Waals surface area contributed by atoms with E-state index in [2.05, 4.69) is 20.6 Å². The molecule has 3 heterocycles. The first-order valence-electron chi connectivity index (χ1n) is 10.7. The molecule has 0 bridgehead atoms. The Bertz CT molecular complexity index is 1270. The van der Waals surface area contributed by atoms with Crippen molar-refractivity contribution in [2.45, 2.75) is 32.5 Å². The number of carbonyl (C=O) groups excluding carboxylic acids is 1. The minimum absolute atomic E-state index is 0.0391. The zero-order chi connectivity index (χ0) is 23.3. The van der Waals surface area contributed by atoms with E-state index in [1.807, 2.05) is 13.8 Å². The molecule has 1 aliphatic carbocycles. The molecule has 9 nitrogen and oxygen atoms in total. The Balaban J connectivity index is 1.47. The largest absolute Gasteiger partial charge is 0.474 e. The molecule has 5 rings (SSSR count). The Morgan fingerprint density at radius 2 is 2.15 bits per heavy atom. The number of aromatic nitrogens is 2. The minimum Gasteiger partial charge on any atom is -0.474 e. The van der Waals surface area contributed by atoms with Crippen LogP contribution in [-0.4, -0.2) is 46.5 Å². The van der Waals surface area contributed by atoms with Gasteiger partial charge in [0.25, 0.3) is 0 Å². The van der Waals surface area contributed by atoms with Crippen LogP contribution in [0.25, 0.3) is 21.9 Å². The second kappa shape index (κ2) is 8.04. The van der Waals surface area contributed by atoms with Gasteiger partial charge < -0.3 is 25.6 Å². The molecule has 2 aliphatic rings. The Hall–Kier alpha value is -3.66. The summed E-state index contributed by atoms with van der Waals surface area (Å²) in [4.78, 5) is 20.7. The highest BCUT2D eigenvalue weighted by atomic mass is 19.1. The number of rotatable bonds is 3. The predicted molar refractivity (Wildman–Crippen MR) is 122 cm³/mol. The van der Waals surface area contributed by atoms with E-state index in [-0.39, 0.29) is 29.1 Å². The Morgan fingerprint density at radius 3 is 2.91 bits per heavy atom. The maximum absolute atomic E-state index is 15.3. The monoisotopic (exact) mass is 453 g/mol. The molecule has 2 aromatic heterocycles. The van der Waals surface area contributed by atoms with Gasteiger partial charge in [-0.2, -0.15) is 0 Å². The smallest absolute Gasteiger partial charge is 0.413 e. The first-order chi connectivity index (χ1) is 15.8. The molecule has 172 valence electrons. The molecule has 1 saturated carbocycles. The summed E-state index contributed by atoms with van der Waals surface area (Å²) in [6.45, 7) is 4.84. The lowest BCUT2D eigenvalue weighted by Crippen LogP contribution is -2.46. The van der Waals surface area contributed by atoms with Crippen molar-refractivity contribution in [3.63, 3.8) is 0 Å². The Kier molecular flexibility index (Phi) is 5.16. The molecule has 0 saturated heterocycles. The number of aliphatic hydroxyl groups is 1. The van der Waals surface area contributed by atoms with E-state index in [9.17, 15) is 9.90 Å². The number of hydrogen-bond donors (Lipinski definition) is 4. The number of hydrogen-bond acceptors (Lipinski definition) is 8. The first kappa shape index (κ1) is 21.2. The van der Waals surface area contributed by atoms with E-state index < -0.39 is 18.0 Å². The third-order valence-corrected chi connectivity index (χ3v) is 6.39. The minimum atomic E-state index is -0.665. The van der Waals surface area contributed by atoms with Crippen LogP contribution in [-0.2, 0) is 4.74 Å². The van der Waals surface area contributed by atoms with Gasteiger partial charge in [0.2, 0.25) is 5.88 Å². The van der Waals surface area contributed by atoms with E-state index in [1.54, 1.807) is 18.3 Å². The number of carbonyl (C=O) groups is 1. The lowest BCUT2D eigenvalue weighted by atomic mass is 9.80. The van der Waals surface area contributed by atoms with Gasteiger partial charge in [-0.05, 0) is 30.0 Å². The fourth-order valence-corrected chi connectivity index (χ4v) is 4.20. The summed E-state index contributed by atoms with van der Waals surface area (Å²) >= 11 is 0. The highest BCUT2D eigenvalue weighted by molar-refractivity contribution is 5.99. The fourth-order valence-electron chi connectivity index (χ4n) is 4.20. The number of pyridine rings is 2. The van der Waals surface area contributed by atoms with Gasteiger partial charge in [0.15, 0.2) is 5.82 Å². The Labute approximate surface area is 189 Å². The molecule has 0 spiro atoms. The normalized spacial score (nSPS) is 21.4. The van der Waals surface area contributed by atoms with Crippen LogP contribution in [0.15, 0.2) is 24.5 Å². The second-order valence-corrected chi connectivity index (χ2v) is 8.43. The van der Waals surface area contributed by atoms with Crippen LogP contribution in [0, 0.1) is 18.7 Å². The lowest BCUT2D eigenvalue weighted by molar-refractivity contribution is -0.0840. The molecule has 3 atom stereocenters. The zero-order valence-electron chi connectivity index (χ0n) is 18.2. The van der Waals surface area contributed by atoms with E-state index in [1.165, 1.54) is 6.20 Å². The van der Waals surface area contributed by atoms with Crippen LogP contribution in [0.4, 0.5) is 26.4 Å². The molecular formula is C23H24FN5O4. The van der Waals surface area contributed by atoms with Crippen molar-refractivity contribution < 1.29 is 23.8 Å². The van der Waals surface area contributed by atoms with Crippen molar-refractivity contribution >= 4 is 34.1 Å². The van der Waals surface area contributed by atoms with Crippen LogP contribution in [0.2, 0.25) is 0 Å². The maximum atomic E-state index is 15.3. The Morgan fingerprint density at radius 1 is 1.33 bits per heavy atom. The number of nitrogens with two attached hydrogens (primary N) is 1. The maximum Gasteiger partial charge on any atom is 0.413 e. The average molecular weight is 453 g/mol. The molecule has 1 aromatic carbocycles. The van der Waals surface area contributed by atoms with Gasteiger partial charge in [0, 0.05) is 47.8 Å². The van der Waals surface area contributed by atoms with Crippen LogP contribution >= 0.6 is 0 Å². The van der Waals surface area contributed by atoms with Gasteiger partial charge >= 0.3 is 6.09 Å². The van der Waals surface area contributed by atoms with Gasteiger partial charge in [-0.1, -0.05) is 6.92 Å². The van der Waals surface area contributed by atoms with Gasteiger partial charge in [-0.15, -0.1) is 0 Å². The van der Waals surface area contributed by atoms with E-state index in [0.29, 0.717) is 41.8 Å². The highest BCUT2D eigenvalue weighted by Crippen LogP contribution is 2.39. The zero-order valence-corrected chi connectivity index (χ0v) is 18.2. The van der Waals surface area contributed by atoms with Crippen LogP contribution < -0.4 is 21.1 Å². The third-order valence-electron chi connectivity index (χ3n) is 6.39. The molecule has 0 radical (unpaired) electrons. The number of nitrogen functional groups attached to an aromatic ring is 1. The number of aliphatic hydroxyl groups excluding tert-OH is 1. The number of fused-ring (bicyclic) bond motifs is 2. The topological polar surface area (TPSA) is 132 Å². The molecule has 5 N–H and O–H groups in total. The van der Waals surface area contributed by atoms with Crippen molar-refractivity contribution in [3.05, 3.63) is 35.9 Å². The molecule has 3 unspecified atom stereocenters. The van der Waals surface area contributed by atoms with E-state index >= 15 is 4.39 Å². The highest BCUT2D eigenvalue weighted by Gasteiger charge is 2.39. The summed E-state index contributed by atoms with van der Waals surface area (Å²) in [7, 11) is 0. The summed E-state index contributed by atoms with van der Waals surface area (Å²) in [5, 5.41) is 16.4. The molecular weight excluding hydrogens is 429 g/mol. The number of amides is 1. The summed E-state index contributed by atoms with van der Waals surface area (Å²) in [6, 6.07) is 3.27. The average Bonchev–Trinajstić information content (AvgIpc) is 2.81. The van der Waals surface area contributed by atoms with Crippen molar-refractivity contribution in [3.8, 4) is 17.0 Å². The number of nitrogens with one attached hydrogen (secondary N) is 2. The van der Waals surface area contributed by atoms with Crippen LogP contribution in [0.3, 0.4) is 0 Å². The number of halogens is 1. The number of anilines is 3. The molecule has 3 aromatic rings. The molecule has 1 aliphatic heterocycles.